The molecule has 0 aliphatic carbocycles. The minimum Gasteiger partial charge on any atom is -0.396 e. The molecule has 0 radical (unpaired) electrons. The van der Waals surface area contributed by atoms with E-state index in [0.29, 0.717) is 19.3 Å². The highest BCUT2D eigenvalue weighted by atomic mass is 19.4. The van der Waals surface area contributed by atoms with Crippen LogP contribution in [0.1, 0.15) is 33.1 Å². The van der Waals surface area contributed by atoms with Gasteiger partial charge in [-0.05, 0) is 32.1 Å². The molecule has 1 unspecified atom stereocenters. The van der Waals surface area contributed by atoms with Crippen molar-refractivity contribution in [3.05, 3.63) is 11.6 Å². The van der Waals surface area contributed by atoms with Gasteiger partial charge in [-0.3, -0.25) is 0 Å². The number of aliphatic hydroxyl groups is 1. The minimum atomic E-state index is -4.19. The van der Waals surface area contributed by atoms with Gasteiger partial charge in [-0.15, -0.1) is 0 Å². The van der Waals surface area contributed by atoms with Crippen LogP contribution in [0.3, 0.4) is 0 Å². The molecule has 0 aliphatic heterocycles. The maximum absolute atomic E-state index is 12.0. The predicted octanol–water partition coefficient (Wildman–Crippen LogP) is 3.29. The van der Waals surface area contributed by atoms with Gasteiger partial charge in [0.25, 0.3) is 0 Å². The van der Waals surface area contributed by atoms with Crippen LogP contribution < -0.4 is 0 Å². The van der Waals surface area contributed by atoms with Crippen molar-refractivity contribution in [2.24, 2.45) is 5.92 Å². The van der Waals surface area contributed by atoms with Crippen LogP contribution in [-0.2, 0) is 0 Å². The third kappa shape index (κ3) is 6.02. The van der Waals surface area contributed by atoms with E-state index < -0.39 is 11.7 Å². The van der Waals surface area contributed by atoms with Crippen molar-refractivity contribution in [1.82, 2.24) is 0 Å². The Hall–Kier alpha value is -0.510. The van der Waals surface area contributed by atoms with E-state index in [1.54, 1.807) is 0 Å². The summed E-state index contributed by atoms with van der Waals surface area (Å²) in [5.74, 6) is 0.275. The quantitative estimate of drug-likeness (QED) is 0.690. The molecule has 1 nitrogen and oxygen atoms in total. The number of allylic oxidation sites excluding steroid dienone is 2. The van der Waals surface area contributed by atoms with Gasteiger partial charge in [0.15, 0.2) is 0 Å². The Morgan fingerprint density at radius 1 is 1.36 bits per heavy atom. The summed E-state index contributed by atoms with van der Waals surface area (Å²) in [5, 5.41) is 8.58. The number of hydrogen-bond acceptors (Lipinski definition) is 1. The summed E-state index contributed by atoms with van der Waals surface area (Å²) in [5.41, 5.74) is -0.534. The van der Waals surface area contributed by atoms with Crippen LogP contribution in [0.15, 0.2) is 11.6 Å². The van der Waals surface area contributed by atoms with Crippen LogP contribution >= 0.6 is 0 Å². The van der Waals surface area contributed by atoms with Gasteiger partial charge < -0.3 is 5.11 Å². The monoisotopic (exact) mass is 210 g/mol. The van der Waals surface area contributed by atoms with Crippen molar-refractivity contribution < 1.29 is 18.3 Å². The number of rotatable bonds is 5. The molecular formula is C10H17F3O. The first kappa shape index (κ1) is 13.5. The third-order valence-corrected chi connectivity index (χ3v) is 2.18. The SMILES string of the molecule is CC(=CCCC(C)CCO)C(F)(F)F. The lowest BCUT2D eigenvalue weighted by Gasteiger charge is -2.09. The lowest BCUT2D eigenvalue weighted by molar-refractivity contribution is -0.0915. The Morgan fingerprint density at radius 3 is 2.36 bits per heavy atom. The molecule has 0 amide bonds. The Balaban J connectivity index is 3.82. The van der Waals surface area contributed by atoms with Gasteiger partial charge in [0, 0.05) is 12.2 Å². The van der Waals surface area contributed by atoms with Gasteiger partial charge in [0.1, 0.15) is 0 Å². The van der Waals surface area contributed by atoms with Crippen LogP contribution in [0.2, 0.25) is 0 Å². The standard InChI is InChI=1S/C10H17F3O/c1-8(6-7-14)4-3-5-9(2)10(11,12)13/h5,8,14H,3-4,6-7H2,1-2H3. The molecule has 0 spiro atoms. The van der Waals surface area contributed by atoms with Crippen LogP contribution in [0.5, 0.6) is 0 Å². The largest absolute Gasteiger partial charge is 0.412 e. The van der Waals surface area contributed by atoms with Gasteiger partial charge in [0.05, 0.1) is 0 Å². The van der Waals surface area contributed by atoms with E-state index in [1.807, 2.05) is 6.92 Å². The van der Waals surface area contributed by atoms with Crippen LogP contribution in [0.25, 0.3) is 0 Å². The molecule has 0 heterocycles. The average Bonchev–Trinajstić information content (AvgIpc) is 2.02. The van der Waals surface area contributed by atoms with E-state index in [0.717, 1.165) is 6.92 Å². The molecule has 0 aliphatic rings. The molecule has 1 N–H and O–H groups in total. The van der Waals surface area contributed by atoms with E-state index in [2.05, 4.69) is 0 Å². The molecule has 14 heavy (non-hydrogen) atoms. The second kappa shape index (κ2) is 6.06. The fraction of sp³-hybridized carbons (Fsp3) is 0.800. The lowest BCUT2D eigenvalue weighted by atomic mass is 10.0. The van der Waals surface area contributed by atoms with Crippen LogP contribution in [0.4, 0.5) is 13.2 Å². The summed E-state index contributed by atoms with van der Waals surface area (Å²) < 4.78 is 36.0. The van der Waals surface area contributed by atoms with E-state index in [1.165, 1.54) is 6.08 Å². The number of hydrogen-bond donors (Lipinski definition) is 1. The fourth-order valence-corrected chi connectivity index (χ4v) is 1.06. The van der Waals surface area contributed by atoms with Gasteiger partial charge >= 0.3 is 6.18 Å². The zero-order valence-corrected chi connectivity index (χ0v) is 8.56. The van der Waals surface area contributed by atoms with Crippen molar-refractivity contribution in [3.63, 3.8) is 0 Å². The van der Waals surface area contributed by atoms with Gasteiger partial charge in [0.2, 0.25) is 0 Å². The highest BCUT2D eigenvalue weighted by Crippen LogP contribution is 2.25. The minimum absolute atomic E-state index is 0.100. The summed E-state index contributed by atoms with van der Waals surface area (Å²) in [6.07, 6.45) is -1.21. The molecule has 4 heteroatoms. The first-order valence-corrected chi connectivity index (χ1v) is 4.72. The zero-order chi connectivity index (χ0) is 11.2. The van der Waals surface area contributed by atoms with Gasteiger partial charge in [-0.2, -0.15) is 13.2 Å². The van der Waals surface area contributed by atoms with Crippen molar-refractivity contribution in [2.45, 2.75) is 39.3 Å². The van der Waals surface area contributed by atoms with E-state index >= 15 is 0 Å². The molecule has 0 aromatic heterocycles. The Bertz CT molecular complexity index is 184. The Kier molecular flexibility index (Phi) is 5.84. The average molecular weight is 210 g/mol. The lowest BCUT2D eigenvalue weighted by Crippen LogP contribution is -2.08. The number of halogens is 3. The van der Waals surface area contributed by atoms with E-state index in [9.17, 15) is 13.2 Å². The molecular weight excluding hydrogens is 193 g/mol. The number of alkyl halides is 3. The molecule has 0 saturated carbocycles. The molecule has 0 bridgehead atoms. The second-order valence-corrected chi connectivity index (χ2v) is 3.58. The van der Waals surface area contributed by atoms with Crippen molar-refractivity contribution in [2.75, 3.05) is 6.61 Å². The molecule has 0 aromatic rings. The summed E-state index contributed by atoms with van der Waals surface area (Å²) in [6, 6.07) is 0. The van der Waals surface area contributed by atoms with E-state index in [-0.39, 0.29) is 12.5 Å². The third-order valence-electron chi connectivity index (χ3n) is 2.18. The summed E-state index contributed by atoms with van der Waals surface area (Å²) in [7, 11) is 0. The summed E-state index contributed by atoms with van der Waals surface area (Å²) in [4.78, 5) is 0. The molecule has 0 rings (SSSR count). The molecule has 1 atom stereocenters. The molecule has 0 fully saturated rings. The van der Waals surface area contributed by atoms with E-state index in [4.69, 9.17) is 5.11 Å². The normalized spacial score (nSPS) is 15.7. The maximum atomic E-state index is 12.0. The first-order valence-electron chi connectivity index (χ1n) is 4.72. The van der Waals surface area contributed by atoms with Crippen LogP contribution in [0, 0.1) is 5.92 Å². The summed E-state index contributed by atoms with van der Waals surface area (Å²) >= 11 is 0. The highest BCUT2D eigenvalue weighted by Gasteiger charge is 2.29. The van der Waals surface area contributed by atoms with Crippen molar-refractivity contribution >= 4 is 0 Å². The molecule has 84 valence electrons. The van der Waals surface area contributed by atoms with Crippen molar-refractivity contribution in [3.8, 4) is 0 Å². The Labute approximate surface area is 82.6 Å². The topological polar surface area (TPSA) is 20.2 Å². The van der Waals surface area contributed by atoms with Gasteiger partial charge in [-0.1, -0.05) is 13.0 Å². The first-order chi connectivity index (χ1) is 6.38. The Morgan fingerprint density at radius 2 is 1.93 bits per heavy atom. The summed E-state index contributed by atoms with van der Waals surface area (Å²) in [6.45, 7) is 3.10. The fourth-order valence-electron chi connectivity index (χ4n) is 1.06. The van der Waals surface area contributed by atoms with Gasteiger partial charge in [-0.25, -0.2) is 0 Å². The maximum Gasteiger partial charge on any atom is 0.412 e. The van der Waals surface area contributed by atoms with Crippen molar-refractivity contribution in [1.29, 1.82) is 0 Å². The molecule has 0 saturated heterocycles. The molecule has 0 aromatic carbocycles. The number of aliphatic hydroxyl groups excluding tert-OH is 1. The zero-order valence-electron chi connectivity index (χ0n) is 8.56. The second-order valence-electron chi connectivity index (χ2n) is 3.58. The highest BCUT2D eigenvalue weighted by molar-refractivity contribution is 5.04. The smallest absolute Gasteiger partial charge is 0.396 e. The van der Waals surface area contributed by atoms with Crippen LogP contribution in [-0.4, -0.2) is 17.9 Å². The predicted molar refractivity (Wildman–Crippen MR) is 49.9 cm³/mol.